The minimum atomic E-state index is -0.140. The Morgan fingerprint density at radius 3 is 3.05 bits per heavy atom. The van der Waals surface area contributed by atoms with Gasteiger partial charge in [0, 0.05) is 37.0 Å². The highest BCUT2D eigenvalue weighted by Gasteiger charge is 2.22. The number of amides is 1. The Bertz CT molecular complexity index is 669. The summed E-state index contributed by atoms with van der Waals surface area (Å²) in [5.74, 6) is -0.0131. The summed E-state index contributed by atoms with van der Waals surface area (Å²) in [6.07, 6.45) is 11.7. The predicted octanol–water partition coefficient (Wildman–Crippen LogP) is 2.21. The average Bonchev–Trinajstić information content (AvgIpc) is 2.49. The van der Waals surface area contributed by atoms with E-state index in [1.165, 1.54) is 0 Å². The van der Waals surface area contributed by atoms with Crippen LogP contribution in [-0.4, -0.2) is 23.1 Å². The molecule has 1 unspecified atom stereocenters. The lowest BCUT2D eigenvalue weighted by molar-refractivity contribution is -0.114. The zero-order chi connectivity index (χ0) is 14.7. The molecule has 106 valence electrons. The largest absolute Gasteiger partial charge is 0.308 e. The van der Waals surface area contributed by atoms with Crippen LogP contribution >= 0.6 is 0 Å². The third kappa shape index (κ3) is 3.23. The quantitative estimate of drug-likeness (QED) is 0.919. The first-order valence-corrected chi connectivity index (χ1v) is 7.02. The van der Waals surface area contributed by atoms with E-state index in [2.05, 4.69) is 27.4 Å². The number of dihydropyridines is 1. The summed E-state index contributed by atoms with van der Waals surface area (Å²) in [5.41, 5.74) is 3.80. The van der Waals surface area contributed by atoms with Crippen LogP contribution < -0.4 is 5.32 Å². The summed E-state index contributed by atoms with van der Waals surface area (Å²) < 4.78 is 0. The Labute approximate surface area is 124 Å². The monoisotopic (exact) mass is 279 g/mol. The van der Waals surface area contributed by atoms with Crippen molar-refractivity contribution in [2.24, 2.45) is 10.9 Å². The molecule has 0 bridgehead atoms. The average molecular weight is 279 g/mol. The number of carbonyl (C=O) groups excluding carboxylic acids is 1. The fourth-order valence-corrected chi connectivity index (χ4v) is 2.44. The van der Waals surface area contributed by atoms with Gasteiger partial charge in [-0.3, -0.25) is 9.78 Å². The van der Waals surface area contributed by atoms with Crippen molar-refractivity contribution in [1.82, 2.24) is 10.3 Å². The molecular weight excluding hydrogens is 262 g/mol. The third-order valence-corrected chi connectivity index (χ3v) is 3.54. The van der Waals surface area contributed by atoms with Gasteiger partial charge in [0.25, 0.3) is 5.91 Å². The molecule has 2 heterocycles. The van der Waals surface area contributed by atoms with Gasteiger partial charge in [-0.25, -0.2) is 4.99 Å². The standard InChI is InChI=1S/C17H17N3O/c1-12-4-5-14-8-15(17(21)20-16(14)7-12)11-19-10-13-3-2-6-18-9-13/h2-9,14,19H,10-11H2,1H3. The molecule has 21 heavy (non-hydrogen) atoms. The van der Waals surface area contributed by atoms with Gasteiger partial charge < -0.3 is 5.32 Å². The molecule has 0 fully saturated rings. The molecule has 0 saturated heterocycles. The highest BCUT2D eigenvalue weighted by atomic mass is 16.1. The van der Waals surface area contributed by atoms with E-state index in [1.54, 1.807) is 6.20 Å². The number of hydrogen-bond donors (Lipinski definition) is 1. The fourth-order valence-electron chi connectivity index (χ4n) is 2.44. The Kier molecular flexibility index (Phi) is 3.88. The van der Waals surface area contributed by atoms with Gasteiger partial charge in [-0.05, 0) is 30.2 Å². The molecule has 4 nitrogen and oxygen atoms in total. The van der Waals surface area contributed by atoms with Crippen molar-refractivity contribution < 1.29 is 4.79 Å². The van der Waals surface area contributed by atoms with Crippen LogP contribution in [-0.2, 0) is 11.3 Å². The number of hydrogen-bond acceptors (Lipinski definition) is 3. The highest BCUT2D eigenvalue weighted by molar-refractivity contribution is 6.13. The summed E-state index contributed by atoms with van der Waals surface area (Å²) in [7, 11) is 0. The number of aliphatic imine (C=N–C) groups is 1. The molecule has 1 N–H and O–H groups in total. The molecule has 3 rings (SSSR count). The van der Waals surface area contributed by atoms with Crippen LogP contribution in [0.1, 0.15) is 12.5 Å². The molecule has 1 atom stereocenters. The van der Waals surface area contributed by atoms with E-state index in [1.807, 2.05) is 37.4 Å². The second kappa shape index (κ2) is 5.97. The number of carbonyl (C=O) groups is 1. The van der Waals surface area contributed by atoms with Gasteiger partial charge >= 0.3 is 0 Å². The minimum Gasteiger partial charge on any atom is -0.308 e. The molecule has 4 heteroatoms. The molecule has 0 radical (unpaired) electrons. The van der Waals surface area contributed by atoms with Crippen molar-refractivity contribution in [2.75, 3.05) is 6.54 Å². The maximum Gasteiger partial charge on any atom is 0.274 e. The fraction of sp³-hybridized carbons (Fsp3) is 0.235. The zero-order valence-electron chi connectivity index (χ0n) is 11.9. The maximum atomic E-state index is 12.0. The summed E-state index contributed by atoms with van der Waals surface area (Å²) in [6.45, 7) is 3.22. The molecule has 0 spiro atoms. The molecule has 1 aromatic rings. The van der Waals surface area contributed by atoms with Crippen LogP contribution in [0.2, 0.25) is 0 Å². The predicted molar refractivity (Wildman–Crippen MR) is 82.9 cm³/mol. The molecule has 2 aliphatic rings. The van der Waals surface area contributed by atoms with Crippen molar-refractivity contribution in [3.8, 4) is 0 Å². The smallest absolute Gasteiger partial charge is 0.274 e. The van der Waals surface area contributed by atoms with E-state index >= 15 is 0 Å². The zero-order valence-corrected chi connectivity index (χ0v) is 11.9. The number of nitrogens with one attached hydrogen (secondary N) is 1. The van der Waals surface area contributed by atoms with Gasteiger partial charge in [0.1, 0.15) is 0 Å². The minimum absolute atomic E-state index is 0.126. The second-order valence-corrected chi connectivity index (χ2v) is 5.27. The molecule has 1 aliphatic carbocycles. The number of pyridine rings is 1. The maximum absolute atomic E-state index is 12.0. The Balaban J connectivity index is 1.62. The molecule has 1 aromatic heterocycles. The summed E-state index contributed by atoms with van der Waals surface area (Å²) in [4.78, 5) is 20.3. The van der Waals surface area contributed by atoms with Gasteiger partial charge in [0.15, 0.2) is 0 Å². The summed E-state index contributed by atoms with van der Waals surface area (Å²) in [6, 6.07) is 3.91. The SMILES string of the molecule is CC1=CC2=NC(=O)C(CNCc3cccnc3)=CC2C=C1. The first-order valence-electron chi connectivity index (χ1n) is 7.02. The number of fused-ring (bicyclic) bond motifs is 1. The van der Waals surface area contributed by atoms with Crippen molar-refractivity contribution in [3.05, 3.63) is 65.5 Å². The van der Waals surface area contributed by atoms with Crippen LogP contribution in [0.15, 0.2) is 65.0 Å². The van der Waals surface area contributed by atoms with Crippen molar-refractivity contribution in [2.45, 2.75) is 13.5 Å². The van der Waals surface area contributed by atoms with E-state index < -0.39 is 0 Å². The van der Waals surface area contributed by atoms with Crippen LogP contribution in [0.4, 0.5) is 0 Å². The molecule has 0 aromatic carbocycles. The lowest BCUT2D eigenvalue weighted by Gasteiger charge is -2.20. The van der Waals surface area contributed by atoms with E-state index in [0.717, 1.165) is 22.4 Å². The van der Waals surface area contributed by atoms with E-state index in [9.17, 15) is 4.79 Å². The highest BCUT2D eigenvalue weighted by Crippen LogP contribution is 2.21. The first-order chi connectivity index (χ1) is 10.2. The van der Waals surface area contributed by atoms with Crippen LogP contribution in [0, 0.1) is 5.92 Å². The lowest BCUT2D eigenvalue weighted by atomic mass is 9.90. The van der Waals surface area contributed by atoms with Crippen molar-refractivity contribution in [3.63, 3.8) is 0 Å². The number of aromatic nitrogens is 1. The van der Waals surface area contributed by atoms with E-state index in [0.29, 0.717) is 13.1 Å². The van der Waals surface area contributed by atoms with Gasteiger partial charge in [-0.15, -0.1) is 0 Å². The van der Waals surface area contributed by atoms with Crippen LogP contribution in [0.25, 0.3) is 0 Å². The molecular formula is C17H17N3O. The van der Waals surface area contributed by atoms with Crippen molar-refractivity contribution >= 4 is 11.6 Å². The van der Waals surface area contributed by atoms with Gasteiger partial charge in [0.2, 0.25) is 0 Å². The number of allylic oxidation sites excluding steroid dienone is 5. The normalized spacial score (nSPS) is 20.5. The molecule has 0 saturated carbocycles. The van der Waals surface area contributed by atoms with E-state index in [4.69, 9.17) is 0 Å². The van der Waals surface area contributed by atoms with Crippen LogP contribution in [0.5, 0.6) is 0 Å². The Morgan fingerprint density at radius 2 is 2.24 bits per heavy atom. The Morgan fingerprint density at radius 1 is 1.33 bits per heavy atom. The van der Waals surface area contributed by atoms with Crippen LogP contribution in [0.3, 0.4) is 0 Å². The summed E-state index contributed by atoms with van der Waals surface area (Å²) >= 11 is 0. The topological polar surface area (TPSA) is 54.4 Å². The van der Waals surface area contributed by atoms with Gasteiger partial charge in [-0.2, -0.15) is 0 Å². The lowest BCUT2D eigenvalue weighted by Crippen LogP contribution is -2.26. The third-order valence-electron chi connectivity index (χ3n) is 3.54. The molecule has 1 aliphatic heterocycles. The van der Waals surface area contributed by atoms with Gasteiger partial charge in [-0.1, -0.05) is 24.3 Å². The molecule has 1 amide bonds. The van der Waals surface area contributed by atoms with E-state index in [-0.39, 0.29) is 11.8 Å². The second-order valence-electron chi connectivity index (χ2n) is 5.27. The summed E-state index contributed by atoms with van der Waals surface area (Å²) in [5, 5.41) is 3.27. The number of rotatable bonds is 4. The Hall–Kier alpha value is -2.33. The first kappa shape index (κ1) is 13.6. The van der Waals surface area contributed by atoms with Gasteiger partial charge in [0.05, 0.1) is 5.71 Å². The number of nitrogens with zero attached hydrogens (tertiary/aromatic N) is 2. The van der Waals surface area contributed by atoms with Crippen molar-refractivity contribution in [1.29, 1.82) is 0 Å².